The van der Waals surface area contributed by atoms with E-state index in [1.165, 1.54) is 12.1 Å². The smallest absolute Gasteiger partial charge is 0.327 e. The SMILES string of the molecule is N[C@@H]1[C@@H]2CC[C@H]1c1cccc(C(F)(F)F)c1C2. The fraction of sp³-hybridized carbons (Fsp3) is 0.538. The summed E-state index contributed by atoms with van der Waals surface area (Å²) >= 11 is 0. The highest BCUT2D eigenvalue weighted by molar-refractivity contribution is 5.43. The molecule has 4 heteroatoms. The molecule has 0 amide bonds. The van der Waals surface area contributed by atoms with Crippen molar-refractivity contribution in [3.05, 3.63) is 34.9 Å². The molecule has 2 aliphatic rings. The van der Waals surface area contributed by atoms with Crippen molar-refractivity contribution in [2.75, 3.05) is 0 Å². The van der Waals surface area contributed by atoms with Gasteiger partial charge in [-0.05, 0) is 48.3 Å². The molecule has 0 aromatic heterocycles. The largest absolute Gasteiger partial charge is 0.416 e. The summed E-state index contributed by atoms with van der Waals surface area (Å²) in [6, 6.07) is 4.56. The van der Waals surface area contributed by atoms with Gasteiger partial charge in [-0.25, -0.2) is 0 Å². The monoisotopic (exact) mass is 241 g/mol. The Hall–Kier alpha value is -1.03. The minimum Gasteiger partial charge on any atom is -0.327 e. The van der Waals surface area contributed by atoms with E-state index in [2.05, 4.69) is 0 Å². The maximum absolute atomic E-state index is 12.9. The molecule has 3 atom stereocenters. The molecule has 0 radical (unpaired) electrons. The molecule has 2 aliphatic carbocycles. The molecule has 1 saturated carbocycles. The van der Waals surface area contributed by atoms with Crippen LogP contribution in [0.25, 0.3) is 0 Å². The standard InChI is InChI=1S/C13H14F3N/c14-13(15,16)11-3-1-2-8-9-5-4-7(12(9)17)6-10(8)11/h1-3,7,9,12H,4-6,17H2/t7-,9+,12-/m1/s1. The van der Waals surface area contributed by atoms with Crippen LogP contribution in [0, 0.1) is 5.92 Å². The van der Waals surface area contributed by atoms with Crippen molar-refractivity contribution in [1.29, 1.82) is 0 Å². The van der Waals surface area contributed by atoms with Gasteiger partial charge in [-0.1, -0.05) is 12.1 Å². The van der Waals surface area contributed by atoms with E-state index in [4.69, 9.17) is 5.73 Å². The van der Waals surface area contributed by atoms with E-state index in [0.29, 0.717) is 12.0 Å². The van der Waals surface area contributed by atoms with Crippen LogP contribution in [0.15, 0.2) is 18.2 Å². The predicted octanol–water partition coefficient (Wildman–Crippen LogP) is 3.08. The van der Waals surface area contributed by atoms with Gasteiger partial charge in [0.1, 0.15) is 0 Å². The molecule has 1 fully saturated rings. The average Bonchev–Trinajstić information content (AvgIpc) is 2.51. The maximum atomic E-state index is 12.9. The van der Waals surface area contributed by atoms with Crippen LogP contribution in [0.5, 0.6) is 0 Å². The minimum atomic E-state index is -4.24. The van der Waals surface area contributed by atoms with E-state index in [9.17, 15) is 13.2 Å². The number of nitrogens with two attached hydrogens (primary N) is 1. The van der Waals surface area contributed by atoms with Crippen molar-refractivity contribution >= 4 is 0 Å². The third kappa shape index (κ3) is 1.58. The van der Waals surface area contributed by atoms with Crippen molar-refractivity contribution in [3.8, 4) is 0 Å². The first-order valence-electron chi connectivity index (χ1n) is 5.93. The summed E-state index contributed by atoms with van der Waals surface area (Å²) in [5, 5.41) is 0. The summed E-state index contributed by atoms with van der Waals surface area (Å²) in [5.41, 5.74) is 6.95. The van der Waals surface area contributed by atoms with Crippen LogP contribution < -0.4 is 5.73 Å². The van der Waals surface area contributed by atoms with Crippen molar-refractivity contribution in [2.45, 2.75) is 37.4 Å². The molecule has 0 aliphatic heterocycles. The van der Waals surface area contributed by atoms with Gasteiger partial charge in [0.15, 0.2) is 0 Å². The molecule has 2 bridgehead atoms. The number of halogens is 3. The Balaban J connectivity index is 2.14. The Morgan fingerprint density at radius 2 is 1.94 bits per heavy atom. The molecule has 0 unspecified atom stereocenters. The van der Waals surface area contributed by atoms with E-state index in [1.54, 1.807) is 0 Å². The lowest BCUT2D eigenvalue weighted by Gasteiger charge is -2.31. The van der Waals surface area contributed by atoms with Crippen molar-refractivity contribution in [3.63, 3.8) is 0 Å². The summed E-state index contributed by atoms with van der Waals surface area (Å²) in [6.45, 7) is 0. The fourth-order valence-corrected chi connectivity index (χ4v) is 3.42. The van der Waals surface area contributed by atoms with E-state index < -0.39 is 11.7 Å². The topological polar surface area (TPSA) is 26.0 Å². The Kier molecular flexibility index (Phi) is 2.27. The normalized spacial score (nSPS) is 31.4. The highest BCUT2D eigenvalue weighted by atomic mass is 19.4. The summed E-state index contributed by atoms with van der Waals surface area (Å²) in [7, 11) is 0. The van der Waals surface area contributed by atoms with Crippen molar-refractivity contribution in [1.82, 2.24) is 0 Å². The highest BCUT2D eigenvalue weighted by Crippen LogP contribution is 2.48. The van der Waals surface area contributed by atoms with Crippen LogP contribution in [-0.4, -0.2) is 6.04 Å². The van der Waals surface area contributed by atoms with Gasteiger partial charge < -0.3 is 5.73 Å². The molecular weight excluding hydrogens is 227 g/mol. The zero-order valence-corrected chi connectivity index (χ0v) is 9.30. The van der Waals surface area contributed by atoms with Gasteiger partial charge in [0, 0.05) is 6.04 Å². The minimum absolute atomic E-state index is 0.0472. The first-order chi connectivity index (χ1) is 7.98. The van der Waals surface area contributed by atoms with Gasteiger partial charge in [0.05, 0.1) is 5.56 Å². The van der Waals surface area contributed by atoms with Crippen LogP contribution in [0.4, 0.5) is 13.2 Å². The first kappa shape index (κ1) is 11.1. The van der Waals surface area contributed by atoms with Gasteiger partial charge >= 0.3 is 6.18 Å². The zero-order valence-electron chi connectivity index (χ0n) is 9.30. The quantitative estimate of drug-likeness (QED) is 0.742. The third-order valence-electron chi connectivity index (χ3n) is 4.24. The molecule has 3 rings (SSSR count). The number of fused-ring (bicyclic) bond motifs is 4. The highest BCUT2D eigenvalue weighted by Gasteiger charge is 2.43. The number of rotatable bonds is 0. The van der Waals surface area contributed by atoms with Gasteiger partial charge in [0.25, 0.3) is 0 Å². The molecule has 0 saturated heterocycles. The van der Waals surface area contributed by atoms with E-state index in [0.717, 1.165) is 18.4 Å². The molecule has 0 heterocycles. The molecule has 0 spiro atoms. The zero-order chi connectivity index (χ0) is 12.2. The molecule has 92 valence electrons. The number of alkyl halides is 3. The lowest BCUT2D eigenvalue weighted by molar-refractivity contribution is -0.138. The summed E-state index contributed by atoms with van der Waals surface area (Å²) in [5.74, 6) is 0.363. The number of benzene rings is 1. The van der Waals surface area contributed by atoms with Crippen LogP contribution in [0.3, 0.4) is 0 Å². The maximum Gasteiger partial charge on any atom is 0.416 e. The van der Waals surface area contributed by atoms with Crippen molar-refractivity contribution < 1.29 is 13.2 Å². The molecule has 1 aromatic rings. The molecule has 2 N–H and O–H groups in total. The summed E-state index contributed by atoms with van der Waals surface area (Å²) < 4.78 is 38.7. The second kappa shape index (κ2) is 3.48. The second-order valence-corrected chi connectivity index (χ2v) is 5.10. The van der Waals surface area contributed by atoms with Crippen LogP contribution >= 0.6 is 0 Å². The number of hydrogen-bond donors (Lipinski definition) is 1. The van der Waals surface area contributed by atoms with E-state index in [1.807, 2.05) is 6.07 Å². The van der Waals surface area contributed by atoms with Crippen LogP contribution in [-0.2, 0) is 12.6 Å². The molecule has 1 aromatic carbocycles. The van der Waals surface area contributed by atoms with Gasteiger partial charge in [-0.2, -0.15) is 13.2 Å². The van der Waals surface area contributed by atoms with Gasteiger partial charge in [-0.15, -0.1) is 0 Å². The predicted molar refractivity (Wildman–Crippen MR) is 58.6 cm³/mol. The Labute approximate surface area is 97.8 Å². The Morgan fingerprint density at radius 3 is 2.65 bits per heavy atom. The van der Waals surface area contributed by atoms with E-state index >= 15 is 0 Å². The molecule has 1 nitrogen and oxygen atoms in total. The lowest BCUT2D eigenvalue weighted by Crippen LogP contribution is -2.36. The fourth-order valence-electron chi connectivity index (χ4n) is 3.42. The first-order valence-corrected chi connectivity index (χ1v) is 5.93. The van der Waals surface area contributed by atoms with Crippen molar-refractivity contribution in [2.24, 2.45) is 11.7 Å². The average molecular weight is 241 g/mol. The third-order valence-corrected chi connectivity index (χ3v) is 4.24. The summed E-state index contributed by atoms with van der Waals surface area (Å²) in [6.07, 6.45) is -1.87. The second-order valence-electron chi connectivity index (χ2n) is 5.10. The summed E-state index contributed by atoms with van der Waals surface area (Å²) in [4.78, 5) is 0. The van der Waals surface area contributed by atoms with Gasteiger partial charge in [-0.3, -0.25) is 0 Å². The number of hydrogen-bond acceptors (Lipinski definition) is 1. The van der Waals surface area contributed by atoms with Gasteiger partial charge in [0.2, 0.25) is 0 Å². The Morgan fingerprint density at radius 1 is 1.18 bits per heavy atom. The van der Waals surface area contributed by atoms with E-state index in [-0.39, 0.29) is 17.9 Å². The van der Waals surface area contributed by atoms with Crippen LogP contribution in [0.2, 0.25) is 0 Å². The Bertz CT molecular complexity index is 452. The van der Waals surface area contributed by atoms with Crippen LogP contribution in [0.1, 0.15) is 35.4 Å². The lowest BCUT2D eigenvalue weighted by atomic mass is 9.77. The molecule has 17 heavy (non-hydrogen) atoms. The molecular formula is C13H14F3N.